The van der Waals surface area contributed by atoms with Crippen LogP contribution in [-0.2, 0) is 20.0 Å². The van der Waals surface area contributed by atoms with Gasteiger partial charge in [0.2, 0.25) is 20.0 Å². The molecule has 0 N–H and O–H groups in total. The van der Waals surface area contributed by atoms with Gasteiger partial charge in [-0.15, -0.1) is 11.8 Å². The normalized spacial score (nSPS) is 15.2. The number of rotatable bonds is 6. The Balaban J connectivity index is 2.31. The summed E-state index contributed by atoms with van der Waals surface area (Å²) < 4.78 is 53.3. The molecule has 1 aliphatic rings. The first kappa shape index (κ1) is 20.5. The average Bonchev–Trinajstić information content (AvgIpc) is 3.17. The number of hydrogen-bond donors (Lipinski definition) is 0. The Bertz CT molecular complexity index is 932. The molecule has 0 spiro atoms. The predicted molar refractivity (Wildman–Crippen MR) is 100 cm³/mol. The van der Waals surface area contributed by atoms with Crippen LogP contribution in [0, 0.1) is 23.7 Å². The first-order valence-corrected chi connectivity index (χ1v) is 11.1. The highest BCUT2D eigenvalue weighted by molar-refractivity contribution is 7.89. The summed E-state index contributed by atoms with van der Waals surface area (Å²) in [4.78, 5) is 0.125. The van der Waals surface area contributed by atoms with Gasteiger partial charge in [0.1, 0.15) is 0 Å². The molecule has 6 nitrogen and oxygen atoms in total. The second-order valence-corrected chi connectivity index (χ2v) is 9.59. The molecule has 1 saturated heterocycles. The predicted octanol–water partition coefficient (Wildman–Crippen LogP) is 1.51. The van der Waals surface area contributed by atoms with Crippen molar-refractivity contribution >= 4 is 20.0 Å². The molecule has 26 heavy (non-hydrogen) atoms. The van der Waals surface area contributed by atoms with Gasteiger partial charge in [0.15, 0.2) is 0 Å². The van der Waals surface area contributed by atoms with Gasteiger partial charge < -0.3 is 0 Å². The molecule has 1 aromatic rings. The molecular weight excluding hydrogens is 372 g/mol. The largest absolute Gasteiger partial charge is 0.244 e. The van der Waals surface area contributed by atoms with E-state index in [1.165, 1.54) is 32.9 Å². The highest BCUT2D eigenvalue weighted by atomic mass is 32.2. The molecule has 0 radical (unpaired) electrons. The molecule has 140 valence electrons. The fraction of sp³-hybridized carbons (Fsp3) is 0.444. The molecule has 0 saturated carbocycles. The second-order valence-electron chi connectivity index (χ2n) is 5.71. The molecule has 0 bridgehead atoms. The second kappa shape index (κ2) is 8.70. The molecular formula is C18H22N2O4S2. The Hall–Kier alpha value is -1.84. The summed E-state index contributed by atoms with van der Waals surface area (Å²) in [5.41, 5.74) is 0. The maximum atomic E-state index is 12.8. The van der Waals surface area contributed by atoms with E-state index in [-0.39, 0.29) is 22.9 Å². The summed E-state index contributed by atoms with van der Waals surface area (Å²) in [7, 11) is -7.38. The van der Waals surface area contributed by atoms with Crippen molar-refractivity contribution in [1.29, 1.82) is 0 Å². The number of benzene rings is 1. The minimum atomic E-state index is -3.81. The van der Waals surface area contributed by atoms with E-state index in [4.69, 9.17) is 0 Å². The molecule has 8 heteroatoms. The minimum absolute atomic E-state index is 0.0219. The van der Waals surface area contributed by atoms with Gasteiger partial charge in [0, 0.05) is 13.1 Å². The fourth-order valence-corrected chi connectivity index (χ4v) is 5.33. The summed E-state index contributed by atoms with van der Waals surface area (Å²) in [5.74, 6) is 10.8. The number of nitrogens with zero attached hydrogens (tertiary/aromatic N) is 2. The Kier molecular flexibility index (Phi) is 6.85. The molecule has 1 fully saturated rings. The van der Waals surface area contributed by atoms with Crippen LogP contribution >= 0.6 is 0 Å². The van der Waals surface area contributed by atoms with Crippen molar-refractivity contribution in [1.82, 2.24) is 8.61 Å². The quantitative estimate of drug-likeness (QED) is 0.686. The number of sulfonamides is 2. The molecule has 0 atom stereocenters. The molecule has 1 aliphatic heterocycles. The maximum Gasteiger partial charge on any atom is 0.244 e. The molecule has 0 aromatic heterocycles. The molecule has 0 aliphatic carbocycles. The van der Waals surface area contributed by atoms with Gasteiger partial charge in [-0.1, -0.05) is 11.8 Å². The lowest BCUT2D eigenvalue weighted by molar-refractivity contribution is 0.476. The van der Waals surface area contributed by atoms with E-state index in [2.05, 4.69) is 23.7 Å². The van der Waals surface area contributed by atoms with Crippen LogP contribution in [0.4, 0.5) is 0 Å². The smallest absolute Gasteiger partial charge is 0.207 e. The summed E-state index contributed by atoms with van der Waals surface area (Å²) in [6, 6.07) is 5.33. The minimum Gasteiger partial charge on any atom is -0.207 e. The number of hydrogen-bond acceptors (Lipinski definition) is 4. The third-order valence-electron chi connectivity index (χ3n) is 4.03. The first-order valence-electron chi connectivity index (χ1n) is 8.23. The zero-order valence-electron chi connectivity index (χ0n) is 14.9. The summed E-state index contributed by atoms with van der Waals surface area (Å²) in [6.07, 6.45) is 1.69. The summed E-state index contributed by atoms with van der Waals surface area (Å²) in [5, 5.41) is 0. The van der Waals surface area contributed by atoms with Crippen LogP contribution in [0.15, 0.2) is 34.1 Å². The Morgan fingerprint density at radius 2 is 1.35 bits per heavy atom. The van der Waals surface area contributed by atoms with Crippen LogP contribution in [0.3, 0.4) is 0 Å². The zero-order chi connectivity index (χ0) is 19.2. The van der Waals surface area contributed by atoms with Crippen LogP contribution in [0.2, 0.25) is 0 Å². The molecule has 0 amide bonds. The zero-order valence-corrected chi connectivity index (χ0v) is 16.5. The van der Waals surface area contributed by atoms with Gasteiger partial charge in [0.25, 0.3) is 0 Å². The van der Waals surface area contributed by atoms with E-state index >= 15 is 0 Å². The van der Waals surface area contributed by atoms with Crippen molar-refractivity contribution in [3.8, 4) is 23.7 Å². The van der Waals surface area contributed by atoms with Crippen molar-refractivity contribution in [2.24, 2.45) is 0 Å². The fourth-order valence-electron chi connectivity index (χ4n) is 2.57. The van der Waals surface area contributed by atoms with E-state index in [0.717, 1.165) is 12.8 Å². The molecule has 1 aromatic carbocycles. The SMILES string of the molecule is CC#CCN(CC#CC)S(=O)(=O)c1ccc(S(=O)(=O)N2CCCC2)cc1. The first-order chi connectivity index (χ1) is 12.3. The molecule has 1 heterocycles. The molecule has 2 rings (SSSR count). The van der Waals surface area contributed by atoms with E-state index < -0.39 is 20.0 Å². The Labute approximate surface area is 156 Å². The van der Waals surface area contributed by atoms with Gasteiger partial charge in [-0.2, -0.15) is 8.61 Å². The van der Waals surface area contributed by atoms with E-state index in [9.17, 15) is 16.8 Å². The third kappa shape index (κ3) is 4.46. The lowest BCUT2D eigenvalue weighted by Gasteiger charge is -2.18. The summed E-state index contributed by atoms with van der Waals surface area (Å²) in [6.45, 7) is 4.33. The van der Waals surface area contributed by atoms with Crippen LogP contribution in [0.5, 0.6) is 0 Å². The Morgan fingerprint density at radius 3 is 1.81 bits per heavy atom. The van der Waals surface area contributed by atoms with Crippen LogP contribution in [0.25, 0.3) is 0 Å². The lowest BCUT2D eigenvalue weighted by Crippen LogP contribution is -2.32. The van der Waals surface area contributed by atoms with Gasteiger partial charge in [-0.25, -0.2) is 16.8 Å². The summed E-state index contributed by atoms with van der Waals surface area (Å²) >= 11 is 0. The highest BCUT2D eigenvalue weighted by Crippen LogP contribution is 2.23. The van der Waals surface area contributed by atoms with Crippen molar-refractivity contribution < 1.29 is 16.8 Å². The molecule has 0 unspecified atom stereocenters. The lowest BCUT2D eigenvalue weighted by atomic mass is 10.4. The Morgan fingerprint density at radius 1 is 0.885 bits per heavy atom. The van der Waals surface area contributed by atoms with Crippen molar-refractivity contribution in [2.45, 2.75) is 36.5 Å². The standard InChI is InChI=1S/C18H22N2O4S2/c1-3-5-13-19(14-6-4-2)25(21,22)17-9-11-18(12-10-17)26(23,24)20-15-7-8-16-20/h9-12H,7-8,13-16H2,1-2H3. The van der Waals surface area contributed by atoms with Crippen LogP contribution in [-0.4, -0.2) is 51.6 Å². The average molecular weight is 395 g/mol. The van der Waals surface area contributed by atoms with Crippen LogP contribution in [0.1, 0.15) is 26.7 Å². The van der Waals surface area contributed by atoms with Gasteiger partial charge >= 0.3 is 0 Å². The van der Waals surface area contributed by atoms with Gasteiger partial charge in [0.05, 0.1) is 22.9 Å². The van der Waals surface area contributed by atoms with E-state index in [1.807, 2.05) is 0 Å². The highest BCUT2D eigenvalue weighted by Gasteiger charge is 2.28. The maximum absolute atomic E-state index is 12.8. The third-order valence-corrected chi connectivity index (χ3v) is 7.75. The van der Waals surface area contributed by atoms with Crippen molar-refractivity contribution in [2.75, 3.05) is 26.2 Å². The van der Waals surface area contributed by atoms with Gasteiger partial charge in [-0.3, -0.25) is 0 Å². The topological polar surface area (TPSA) is 74.8 Å². The monoisotopic (exact) mass is 394 g/mol. The van der Waals surface area contributed by atoms with Crippen molar-refractivity contribution in [3.05, 3.63) is 24.3 Å². The van der Waals surface area contributed by atoms with Gasteiger partial charge in [-0.05, 0) is 51.0 Å². The van der Waals surface area contributed by atoms with Crippen LogP contribution < -0.4 is 0 Å². The van der Waals surface area contributed by atoms with E-state index in [0.29, 0.717) is 13.1 Å². The van der Waals surface area contributed by atoms with Crippen molar-refractivity contribution in [3.63, 3.8) is 0 Å². The van der Waals surface area contributed by atoms with E-state index in [1.54, 1.807) is 13.8 Å².